The van der Waals surface area contributed by atoms with E-state index in [2.05, 4.69) is 47.4 Å². The summed E-state index contributed by atoms with van der Waals surface area (Å²) < 4.78 is 1.91. The van der Waals surface area contributed by atoms with Gasteiger partial charge in [0, 0.05) is 29.9 Å². The molecule has 128 valence electrons. The van der Waals surface area contributed by atoms with E-state index in [0.29, 0.717) is 6.04 Å². The monoisotopic (exact) mass is 326 g/mol. The number of likely N-dealkylation sites (N-methyl/N-ethyl adjacent to an activating group) is 1. The highest BCUT2D eigenvalue weighted by Gasteiger charge is 2.23. The second kappa shape index (κ2) is 5.96. The van der Waals surface area contributed by atoms with E-state index in [9.17, 15) is 4.79 Å². The number of carbonyl (C=O) groups excluding carboxylic acids is 1. The maximum atomic E-state index is 12.2. The van der Waals surface area contributed by atoms with Gasteiger partial charge in [-0.05, 0) is 51.8 Å². The number of anilines is 1. The van der Waals surface area contributed by atoms with Gasteiger partial charge >= 0.3 is 0 Å². The van der Waals surface area contributed by atoms with E-state index in [1.54, 1.807) is 6.33 Å². The topological polar surface area (TPSA) is 50.2 Å². The molecule has 0 saturated heterocycles. The molecule has 0 fully saturated rings. The number of carbonyl (C=O) groups is 1. The van der Waals surface area contributed by atoms with Gasteiger partial charge in [0.1, 0.15) is 6.54 Å². The minimum atomic E-state index is -0.230. The molecule has 0 radical (unpaired) electrons. The Balaban J connectivity index is 1.84. The Morgan fingerprint density at radius 2 is 2.12 bits per heavy atom. The number of rotatable bonds is 3. The smallest absolute Gasteiger partial charge is 0.240 e. The molecule has 0 aliphatic carbocycles. The average Bonchev–Trinajstić information content (AvgIpc) is 3.02. The number of fused-ring (bicyclic) bond motifs is 1. The van der Waals surface area contributed by atoms with Crippen molar-refractivity contribution < 1.29 is 4.79 Å². The highest BCUT2D eigenvalue weighted by Crippen LogP contribution is 2.34. The summed E-state index contributed by atoms with van der Waals surface area (Å²) in [5.41, 5.74) is 4.50. The summed E-state index contributed by atoms with van der Waals surface area (Å²) >= 11 is 0. The lowest BCUT2D eigenvalue weighted by molar-refractivity contribution is -0.123. The predicted octanol–water partition coefficient (Wildman–Crippen LogP) is 2.85. The lowest BCUT2D eigenvalue weighted by Gasteiger charge is -2.21. The number of imidazole rings is 1. The SMILES string of the molecule is C[C@H]1Cc2cc(-c3cncn3CC(=O)NC(C)(C)C)ccc2N1C. The van der Waals surface area contributed by atoms with Crippen LogP contribution in [0.1, 0.15) is 33.3 Å². The van der Waals surface area contributed by atoms with Gasteiger partial charge in [-0.3, -0.25) is 4.79 Å². The van der Waals surface area contributed by atoms with Crippen LogP contribution in [-0.4, -0.2) is 34.1 Å². The summed E-state index contributed by atoms with van der Waals surface area (Å²) in [5, 5.41) is 3.00. The first-order chi connectivity index (χ1) is 11.2. The summed E-state index contributed by atoms with van der Waals surface area (Å²) in [5.74, 6) is -0.00346. The molecule has 1 aliphatic heterocycles. The number of amides is 1. The Labute approximate surface area is 143 Å². The van der Waals surface area contributed by atoms with Gasteiger partial charge in [0.15, 0.2) is 0 Å². The van der Waals surface area contributed by atoms with Gasteiger partial charge in [-0.15, -0.1) is 0 Å². The second-order valence-electron chi connectivity index (χ2n) is 7.71. The van der Waals surface area contributed by atoms with Crippen LogP contribution in [0.2, 0.25) is 0 Å². The van der Waals surface area contributed by atoms with Crippen molar-refractivity contribution in [1.29, 1.82) is 0 Å². The molecule has 3 rings (SSSR count). The number of aromatic nitrogens is 2. The molecule has 0 saturated carbocycles. The second-order valence-corrected chi connectivity index (χ2v) is 7.71. The van der Waals surface area contributed by atoms with Crippen LogP contribution in [0.25, 0.3) is 11.3 Å². The molecule has 2 aromatic rings. The van der Waals surface area contributed by atoms with Crippen molar-refractivity contribution in [3.8, 4) is 11.3 Å². The summed E-state index contributed by atoms with van der Waals surface area (Å²) in [4.78, 5) is 18.8. The third-order valence-electron chi connectivity index (χ3n) is 4.47. The van der Waals surface area contributed by atoms with Crippen LogP contribution in [-0.2, 0) is 17.8 Å². The zero-order valence-corrected chi connectivity index (χ0v) is 15.1. The van der Waals surface area contributed by atoms with E-state index in [1.807, 2.05) is 31.5 Å². The molecule has 1 amide bonds. The van der Waals surface area contributed by atoms with Crippen LogP contribution in [0.4, 0.5) is 5.69 Å². The zero-order valence-electron chi connectivity index (χ0n) is 15.1. The molecule has 0 spiro atoms. The number of hydrogen-bond donors (Lipinski definition) is 1. The minimum absolute atomic E-state index is 0.00346. The van der Waals surface area contributed by atoms with E-state index in [1.165, 1.54) is 11.3 Å². The molecule has 2 heterocycles. The fraction of sp³-hybridized carbons (Fsp3) is 0.474. The van der Waals surface area contributed by atoms with Crippen LogP contribution in [0.15, 0.2) is 30.7 Å². The molecular weight excluding hydrogens is 300 g/mol. The normalized spacial score (nSPS) is 17.0. The van der Waals surface area contributed by atoms with Gasteiger partial charge in [0.25, 0.3) is 0 Å². The Morgan fingerprint density at radius 3 is 2.83 bits per heavy atom. The first-order valence-electron chi connectivity index (χ1n) is 8.42. The maximum Gasteiger partial charge on any atom is 0.240 e. The van der Waals surface area contributed by atoms with E-state index in [4.69, 9.17) is 0 Å². The molecule has 1 aromatic heterocycles. The van der Waals surface area contributed by atoms with E-state index < -0.39 is 0 Å². The number of benzene rings is 1. The largest absolute Gasteiger partial charge is 0.371 e. The zero-order chi connectivity index (χ0) is 17.5. The number of nitrogens with one attached hydrogen (secondary N) is 1. The van der Waals surface area contributed by atoms with Gasteiger partial charge in [-0.2, -0.15) is 0 Å². The van der Waals surface area contributed by atoms with Crippen LogP contribution in [0, 0.1) is 0 Å². The van der Waals surface area contributed by atoms with Gasteiger partial charge in [0.05, 0.1) is 18.2 Å². The lowest BCUT2D eigenvalue weighted by atomic mass is 10.1. The summed E-state index contributed by atoms with van der Waals surface area (Å²) in [6.07, 6.45) is 4.60. The molecule has 1 aliphatic rings. The molecule has 1 aromatic carbocycles. The van der Waals surface area contributed by atoms with Crippen molar-refractivity contribution in [2.45, 2.75) is 52.2 Å². The fourth-order valence-corrected chi connectivity index (χ4v) is 3.24. The summed E-state index contributed by atoms with van der Waals surface area (Å²) in [6, 6.07) is 7.03. The van der Waals surface area contributed by atoms with Crippen LogP contribution in [0.5, 0.6) is 0 Å². The third-order valence-corrected chi connectivity index (χ3v) is 4.47. The van der Waals surface area contributed by atoms with Crippen molar-refractivity contribution in [1.82, 2.24) is 14.9 Å². The molecule has 24 heavy (non-hydrogen) atoms. The molecule has 5 nitrogen and oxygen atoms in total. The molecule has 0 bridgehead atoms. The van der Waals surface area contributed by atoms with E-state index in [0.717, 1.165) is 17.7 Å². The Hall–Kier alpha value is -2.30. The van der Waals surface area contributed by atoms with Gasteiger partial charge in [-0.1, -0.05) is 6.07 Å². The molecule has 1 N–H and O–H groups in total. The van der Waals surface area contributed by atoms with Crippen molar-refractivity contribution in [3.63, 3.8) is 0 Å². The Kier molecular flexibility index (Phi) is 4.11. The van der Waals surface area contributed by atoms with Crippen molar-refractivity contribution in [3.05, 3.63) is 36.3 Å². The average molecular weight is 326 g/mol. The fourth-order valence-electron chi connectivity index (χ4n) is 3.24. The molecule has 0 unspecified atom stereocenters. The highest BCUT2D eigenvalue weighted by atomic mass is 16.2. The number of hydrogen-bond acceptors (Lipinski definition) is 3. The predicted molar refractivity (Wildman–Crippen MR) is 97.1 cm³/mol. The summed E-state index contributed by atoms with van der Waals surface area (Å²) in [7, 11) is 2.14. The first-order valence-corrected chi connectivity index (χ1v) is 8.42. The van der Waals surface area contributed by atoms with Crippen molar-refractivity contribution in [2.24, 2.45) is 0 Å². The van der Waals surface area contributed by atoms with Crippen LogP contribution in [0.3, 0.4) is 0 Å². The molecule has 1 atom stereocenters. The van der Waals surface area contributed by atoms with Crippen molar-refractivity contribution in [2.75, 3.05) is 11.9 Å². The maximum absolute atomic E-state index is 12.2. The Bertz CT molecular complexity index is 757. The quantitative estimate of drug-likeness (QED) is 0.943. The standard InChI is InChI=1S/C19H26N4O/c1-13-8-15-9-14(6-7-16(15)22(13)5)17-10-20-12-23(17)11-18(24)21-19(2,3)4/h6-7,9-10,12-13H,8,11H2,1-5H3,(H,21,24)/t13-/m0/s1. The van der Waals surface area contributed by atoms with Gasteiger partial charge < -0.3 is 14.8 Å². The first kappa shape index (κ1) is 16.6. The molecular formula is C19H26N4O. The number of nitrogens with zero attached hydrogens (tertiary/aromatic N) is 3. The van der Waals surface area contributed by atoms with Gasteiger partial charge in [-0.25, -0.2) is 4.98 Å². The van der Waals surface area contributed by atoms with Crippen LogP contribution >= 0.6 is 0 Å². The van der Waals surface area contributed by atoms with Crippen LogP contribution < -0.4 is 10.2 Å². The highest BCUT2D eigenvalue weighted by molar-refractivity contribution is 5.77. The van der Waals surface area contributed by atoms with E-state index >= 15 is 0 Å². The van der Waals surface area contributed by atoms with Crippen molar-refractivity contribution >= 4 is 11.6 Å². The third kappa shape index (κ3) is 3.30. The lowest BCUT2D eigenvalue weighted by Crippen LogP contribution is -2.42. The van der Waals surface area contributed by atoms with Gasteiger partial charge in [0.2, 0.25) is 5.91 Å². The summed E-state index contributed by atoms with van der Waals surface area (Å²) in [6.45, 7) is 8.47. The Morgan fingerprint density at radius 1 is 1.38 bits per heavy atom. The molecule has 5 heteroatoms. The minimum Gasteiger partial charge on any atom is -0.371 e. The van der Waals surface area contributed by atoms with E-state index in [-0.39, 0.29) is 18.0 Å².